The van der Waals surface area contributed by atoms with E-state index in [-0.39, 0.29) is 0 Å². The lowest BCUT2D eigenvalue weighted by molar-refractivity contribution is 0.209. The Kier molecular flexibility index (Phi) is 3.60. The lowest BCUT2D eigenvalue weighted by atomic mass is 10.2. The van der Waals surface area contributed by atoms with Gasteiger partial charge in [0.25, 0.3) is 0 Å². The standard InChI is InChI=1S/C9H11N3O2/c1-12(11-14)9(13)10-7-8-5-3-2-4-6-8/h2-6H,7H2,1H3,(H,10,13). The molecule has 74 valence electrons. The lowest BCUT2D eigenvalue weighted by Crippen LogP contribution is -2.33. The summed E-state index contributed by atoms with van der Waals surface area (Å²) in [5, 5.41) is 5.73. The fraction of sp³-hybridized carbons (Fsp3) is 0.222. The first-order chi connectivity index (χ1) is 6.74. The van der Waals surface area contributed by atoms with Crippen LogP contribution in [0.2, 0.25) is 0 Å². The van der Waals surface area contributed by atoms with Crippen LogP contribution in [0.3, 0.4) is 0 Å². The van der Waals surface area contributed by atoms with E-state index in [2.05, 4.69) is 10.6 Å². The Morgan fingerprint density at radius 3 is 2.64 bits per heavy atom. The largest absolute Gasteiger partial charge is 0.340 e. The van der Waals surface area contributed by atoms with Crippen molar-refractivity contribution in [1.82, 2.24) is 10.3 Å². The monoisotopic (exact) mass is 193 g/mol. The number of carbonyl (C=O) groups is 1. The molecule has 0 bridgehead atoms. The first kappa shape index (κ1) is 10.2. The molecule has 0 radical (unpaired) electrons. The number of amides is 2. The van der Waals surface area contributed by atoms with E-state index >= 15 is 0 Å². The third-order valence-corrected chi connectivity index (χ3v) is 1.70. The maximum Gasteiger partial charge on any atom is 0.340 e. The molecule has 0 heterocycles. The van der Waals surface area contributed by atoms with Crippen LogP contribution in [0.15, 0.2) is 35.6 Å². The van der Waals surface area contributed by atoms with Crippen LogP contribution in [0.4, 0.5) is 4.79 Å². The van der Waals surface area contributed by atoms with Gasteiger partial charge in [-0.05, 0) is 5.56 Å². The van der Waals surface area contributed by atoms with Crippen LogP contribution in [-0.2, 0) is 6.54 Å². The van der Waals surface area contributed by atoms with E-state index in [4.69, 9.17) is 0 Å². The summed E-state index contributed by atoms with van der Waals surface area (Å²) in [5.41, 5.74) is 0.972. The van der Waals surface area contributed by atoms with Gasteiger partial charge < -0.3 is 5.32 Å². The smallest absolute Gasteiger partial charge is 0.332 e. The molecule has 1 aromatic rings. The molecule has 0 spiro atoms. The first-order valence-corrected chi connectivity index (χ1v) is 4.13. The molecule has 2 amide bonds. The molecule has 0 atom stereocenters. The summed E-state index contributed by atoms with van der Waals surface area (Å²) in [6, 6.07) is 8.91. The molecule has 0 saturated heterocycles. The molecule has 0 saturated carbocycles. The van der Waals surface area contributed by atoms with Crippen LogP contribution in [0.1, 0.15) is 5.56 Å². The SMILES string of the molecule is CN(N=O)C(=O)NCc1ccccc1. The number of nitrogens with one attached hydrogen (secondary N) is 1. The van der Waals surface area contributed by atoms with Gasteiger partial charge in [-0.2, -0.15) is 5.01 Å². The molecule has 5 nitrogen and oxygen atoms in total. The summed E-state index contributed by atoms with van der Waals surface area (Å²) in [5.74, 6) is 0. The van der Waals surface area contributed by atoms with Crippen LogP contribution in [0.25, 0.3) is 0 Å². The van der Waals surface area contributed by atoms with Crippen molar-refractivity contribution in [2.45, 2.75) is 6.54 Å². The Balaban J connectivity index is 2.42. The second kappa shape index (κ2) is 4.96. The highest BCUT2D eigenvalue weighted by Gasteiger charge is 2.06. The Morgan fingerprint density at radius 2 is 2.07 bits per heavy atom. The summed E-state index contributed by atoms with van der Waals surface area (Å²) in [7, 11) is 1.30. The highest BCUT2D eigenvalue weighted by atomic mass is 16.3. The first-order valence-electron chi connectivity index (χ1n) is 4.13. The molecule has 0 aromatic heterocycles. The van der Waals surface area contributed by atoms with E-state index in [1.165, 1.54) is 7.05 Å². The van der Waals surface area contributed by atoms with E-state index in [1.807, 2.05) is 30.3 Å². The van der Waals surface area contributed by atoms with E-state index < -0.39 is 6.03 Å². The molecule has 1 N–H and O–H groups in total. The highest BCUT2D eigenvalue weighted by Crippen LogP contribution is 1.97. The summed E-state index contributed by atoms with van der Waals surface area (Å²) in [6.07, 6.45) is 0. The average Bonchev–Trinajstić information content (AvgIpc) is 2.26. The quantitative estimate of drug-likeness (QED) is 0.584. The second-order valence-corrected chi connectivity index (χ2v) is 2.75. The van der Waals surface area contributed by atoms with Crippen molar-refractivity contribution in [2.24, 2.45) is 5.29 Å². The number of nitrogens with zero attached hydrogens (tertiary/aromatic N) is 2. The Bertz CT molecular complexity index is 313. The zero-order chi connectivity index (χ0) is 10.4. The fourth-order valence-electron chi connectivity index (χ4n) is 0.925. The third-order valence-electron chi connectivity index (χ3n) is 1.70. The second-order valence-electron chi connectivity index (χ2n) is 2.75. The van der Waals surface area contributed by atoms with Gasteiger partial charge in [-0.1, -0.05) is 30.3 Å². The van der Waals surface area contributed by atoms with Gasteiger partial charge in [0.15, 0.2) is 0 Å². The van der Waals surface area contributed by atoms with Crippen LogP contribution in [-0.4, -0.2) is 18.1 Å². The van der Waals surface area contributed by atoms with Crippen molar-refractivity contribution in [1.29, 1.82) is 0 Å². The predicted octanol–water partition coefficient (Wildman–Crippen LogP) is 1.51. The van der Waals surface area contributed by atoms with Gasteiger partial charge in [0.1, 0.15) is 0 Å². The van der Waals surface area contributed by atoms with Crippen molar-refractivity contribution in [3.63, 3.8) is 0 Å². The maximum absolute atomic E-state index is 11.1. The van der Waals surface area contributed by atoms with Gasteiger partial charge in [0.2, 0.25) is 0 Å². The Morgan fingerprint density at radius 1 is 1.43 bits per heavy atom. The van der Waals surface area contributed by atoms with Crippen molar-refractivity contribution in [3.8, 4) is 0 Å². The third kappa shape index (κ3) is 2.85. The van der Waals surface area contributed by atoms with Gasteiger partial charge in [-0.3, -0.25) is 0 Å². The van der Waals surface area contributed by atoms with Crippen molar-refractivity contribution in [2.75, 3.05) is 7.05 Å². The normalized spacial score (nSPS) is 9.21. The molecule has 14 heavy (non-hydrogen) atoms. The van der Waals surface area contributed by atoms with Crippen LogP contribution in [0.5, 0.6) is 0 Å². The van der Waals surface area contributed by atoms with Crippen molar-refractivity contribution < 1.29 is 4.79 Å². The minimum atomic E-state index is -0.510. The predicted molar refractivity (Wildman–Crippen MR) is 52.2 cm³/mol. The summed E-state index contributed by atoms with van der Waals surface area (Å²) in [4.78, 5) is 21.0. The van der Waals surface area contributed by atoms with Crippen LogP contribution < -0.4 is 5.32 Å². The zero-order valence-corrected chi connectivity index (χ0v) is 7.80. The van der Waals surface area contributed by atoms with E-state index in [9.17, 15) is 9.70 Å². The van der Waals surface area contributed by atoms with Crippen LogP contribution >= 0.6 is 0 Å². The molecule has 0 aliphatic heterocycles. The van der Waals surface area contributed by atoms with Crippen LogP contribution in [0, 0.1) is 4.91 Å². The van der Waals surface area contributed by atoms with Gasteiger partial charge >= 0.3 is 6.03 Å². The molecule has 5 heteroatoms. The minimum absolute atomic E-state index is 0.388. The molecule has 0 unspecified atom stereocenters. The molecule has 1 rings (SSSR count). The molecule has 0 aliphatic rings. The Labute approximate surface area is 81.7 Å². The van der Waals surface area contributed by atoms with E-state index in [1.54, 1.807) is 0 Å². The van der Waals surface area contributed by atoms with E-state index in [0.29, 0.717) is 11.6 Å². The zero-order valence-electron chi connectivity index (χ0n) is 7.80. The number of benzene rings is 1. The molecular formula is C9H11N3O2. The average molecular weight is 193 g/mol. The number of hydrogen-bond donors (Lipinski definition) is 1. The molecule has 1 aromatic carbocycles. The summed E-state index contributed by atoms with van der Waals surface area (Å²) < 4.78 is 0. The van der Waals surface area contributed by atoms with E-state index in [0.717, 1.165) is 5.56 Å². The van der Waals surface area contributed by atoms with Crippen molar-refractivity contribution in [3.05, 3.63) is 40.8 Å². The number of carbonyl (C=O) groups excluding carboxylic acids is 1. The van der Waals surface area contributed by atoms with Gasteiger partial charge in [0.05, 0.1) is 5.29 Å². The topological polar surface area (TPSA) is 61.8 Å². The number of hydrogen-bond acceptors (Lipinski definition) is 3. The Hall–Kier alpha value is -1.91. The lowest BCUT2D eigenvalue weighted by Gasteiger charge is -2.08. The molecule has 0 fully saturated rings. The van der Waals surface area contributed by atoms with Gasteiger partial charge in [-0.15, -0.1) is 4.91 Å². The van der Waals surface area contributed by atoms with Gasteiger partial charge in [0, 0.05) is 13.6 Å². The summed E-state index contributed by atoms with van der Waals surface area (Å²) in [6.45, 7) is 0.388. The summed E-state index contributed by atoms with van der Waals surface area (Å²) >= 11 is 0. The maximum atomic E-state index is 11.1. The fourth-order valence-corrected chi connectivity index (χ4v) is 0.925. The minimum Gasteiger partial charge on any atom is -0.332 e. The molecule has 0 aliphatic carbocycles. The number of nitroso groups, excluding NO2 is 1. The van der Waals surface area contributed by atoms with Gasteiger partial charge in [-0.25, -0.2) is 4.79 Å². The molecular weight excluding hydrogens is 182 g/mol. The number of urea groups is 1. The highest BCUT2D eigenvalue weighted by molar-refractivity contribution is 5.73. The van der Waals surface area contributed by atoms with Crippen molar-refractivity contribution >= 4 is 6.03 Å². The number of rotatable bonds is 3.